The minimum Gasteiger partial charge on any atom is -0.508 e. The lowest BCUT2D eigenvalue weighted by molar-refractivity contribution is 0.0784. The zero-order valence-electron chi connectivity index (χ0n) is 9.50. The second-order valence-electron chi connectivity index (χ2n) is 3.69. The maximum absolute atomic E-state index is 12.0. The van der Waals surface area contributed by atoms with Crippen molar-refractivity contribution in [2.75, 3.05) is 7.05 Å². The maximum Gasteiger partial charge on any atom is 0.284 e. The van der Waals surface area contributed by atoms with Crippen LogP contribution in [-0.2, 0) is 6.54 Å². The number of benzene rings is 1. The Hall–Kier alpha value is -1.66. The van der Waals surface area contributed by atoms with Gasteiger partial charge in [0.2, 0.25) is 9.47 Å². The van der Waals surface area contributed by atoms with E-state index in [1.807, 2.05) is 0 Å². The third-order valence-corrected chi connectivity index (χ3v) is 3.29. The quantitative estimate of drug-likeness (QED) is 0.937. The highest BCUT2D eigenvalue weighted by molar-refractivity contribution is 7.17. The Morgan fingerprint density at radius 3 is 2.61 bits per heavy atom. The molecule has 5 nitrogen and oxygen atoms in total. The molecule has 1 aromatic heterocycles. The lowest BCUT2D eigenvalue weighted by atomic mass is 10.2. The van der Waals surface area contributed by atoms with E-state index < -0.39 is 0 Å². The van der Waals surface area contributed by atoms with E-state index in [1.165, 1.54) is 4.90 Å². The lowest BCUT2D eigenvalue weighted by Crippen LogP contribution is -2.26. The highest BCUT2D eigenvalue weighted by Gasteiger charge is 2.16. The van der Waals surface area contributed by atoms with Gasteiger partial charge in [-0.2, -0.15) is 0 Å². The highest BCUT2D eigenvalue weighted by atomic mass is 35.5. The summed E-state index contributed by atoms with van der Waals surface area (Å²) in [6.07, 6.45) is 0. The number of carbonyl (C=O) groups is 1. The molecule has 0 saturated heterocycles. The van der Waals surface area contributed by atoms with Crippen molar-refractivity contribution in [1.82, 2.24) is 15.1 Å². The summed E-state index contributed by atoms with van der Waals surface area (Å²) < 4.78 is 0.247. The molecule has 1 N–H and O–H groups in total. The van der Waals surface area contributed by atoms with Gasteiger partial charge >= 0.3 is 0 Å². The average molecular weight is 284 g/mol. The number of carbonyl (C=O) groups excluding carboxylic acids is 1. The van der Waals surface area contributed by atoms with E-state index in [1.54, 1.807) is 31.3 Å². The molecule has 7 heteroatoms. The van der Waals surface area contributed by atoms with Crippen LogP contribution < -0.4 is 0 Å². The largest absolute Gasteiger partial charge is 0.508 e. The van der Waals surface area contributed by atoms with Crippen LogP contribution in [0.3, 0.4) is 0 Å². The number of phenolic OH excluding ortho intramolecular Hbond substituents is 1. The van der Waals surface area contributed by atoms with Crippen LogP contribution in [0.4, 0.5) is 0 Å². The molecule has 1 amide bonds. The molecule has 0 radical (unpaired) electrons. The van der Waals surface area contributed by atoms with Gasteiger partial charge < -0.3 is 10.0 Å². The summed E-state index contributed by atoms with van der Waals surface area (Å²) in [6.45, 7) is 0.427. The molecule has 0 unspecified atom stereocenters. The van der Waals surface area contributed by atoms with Crippen LogP contribution in [0.15, 0.2) is 24.3 Å². The second kappa shape index (κ2) is 5.32. The molecule has 2 aromatic rings. The molecule has 0 fully saturated rings. The number of hydrogen-bond donors (Lipinski definition) is 1. The van der Waals surface area contributed by atoms with Crippen molar-refractivity contribution in [1.29, 1.82) is 0 Å². The summed E-state index contributed by atoms with van der Waals surface area (Å²) in [5.41, 5.74) is 0.916. The summed E-state index contributed by atoms with van der Waals surface area (Å²) in [5, 5.41) is 16.7. The molecule has 94 valence electrons. The molecule has 1 heterocycles. The van der Waals surface area contributed by atoms with Crippen LogP contribution in [0.5, 0.6) is 5.75 Å². The zero-order chi connectivity index (χ0) is 13.1. The van der Waals surface area contributed by atoms with Crippen LogP contribution in [-0.4, -0.2) is 33.2 Å². The zero-order valence-corrected chi connectivity index (χ0v) is 11.1. The van der Waals surface area contributed by atoms with Gasteiger partial charge in [-0.05, 0) is 29.3 Å². The Morgan fingerprint density at radius 1 is 1.39 bits per heavy atom. The van der Waals surface area contributed by atoms with Crippen molar-refractivity contribution < 1.29 is 9.90 Å². The van der Waals surface area contributed by atoms with Crippen molar-refractivity contribution >= 4 is 28.8 Å². The second-order valence-corrected chi connectivity index (χ2v) is 5.25. The molecular formula is C11H10ClN3O2S. The lowest BCUT2D eigenvalue weighted by Gasteiger charge is -2.15. The summed E-state index contributed by atoms with van der Waals surface area (Å²) >= 11 is 6.68. The van der Waals surface area contributed by atoms with Crippen LogP contribution in [0.1, 0.15) is 15.4 Å². The molecule has 18 heavy (non-hydrogen) atoms. The Labute approximate surface area is 113 Å². The number of nitrogens with zero attached hydrogens (tertiary/aromatic N) is 3. The van der Waals surface area contributed by atoms with Gasteiger partial charge in [-0.25, -0.2) is 0 Å². The first-order valence-corrected chi connectivity index (χ1v) is 6.28. The SMILES string of the molecule is CN(Cc1ccc(O)cc1)C(=O)c1nnc(Cl)s1. The van der Waals surface area contributed by atoms with Gasteiger partial charge in [0.25, 0.3) is 5.91 Å². The summed E-state index contributed by atoms with van der Waals surface area (Å²) in [4.78, 5) is 13.5. The van der Waals surface area contributed by atoms with Gasteiger partial charge in [-0.15, -0.1) is 10.2 Å². The number of amides is 1. The summed E-state index contributed by atoms with van der Waals surface area (Å²) in [7, 11) is 1.67. The molecule has 0 atom stereocenters. The molecule has 0 spiro atoms. The van der Waals surface area contributed by atoms with E-state index in [2.05, 4.69) is 10.2 Å². The summed E-state index contributed by atoms with van der Waals surface area (Å²) in [5.74, 6) is -0.0314. The molecule has 0 aliphatic carbocycles. The highest BCUT2D eigenvalue weighted by Crippen LogP contribution is 2.17. The topological polar surface area (TPSA) is 66.3 Å². The van der Waals surface area contributed by atoms with E-state index in [4.69, 9.17) is 16.7 Å². The Balaban J connectivity index is 2.05. The van der Waals surface area contributed by atoms with Crippen LogP contribution in [0.25, 0.3) is 0 Å². The Kier molecular flexibility index (Phi) is 3.78. The van der Waals surface area contributed by atoms with E-state index >= 15 is 0 Å². The fraction of sp³-hybridized carbons (Fsp3) is 0.182. The molecule has 0 aliphatic rings. The van der Waals surface area contributed by atoms with Crippen LogP contribution in [0, 0.1) is 0 Å². The van der Waals surface area contributed by atoms with Gasteiger partial charge in [0.15, 0.2) is 0 Å². The fourth-order valence-electron chi connectivity index (χ4n) is 1.40. The first-order chi connectivity index (χ1) is 8.56. The third kappa shape index (κ3) is 2.96. The van der Waals surface area contributed by atoms with Crippen molar-refractivity contribution in [2.24, 2.45) is 0 Å². The standard InChI is InChI=1S/C11H10ClN3O2S/c1-15(6-7-2-4-8(16)5-3-7)10(17)9-13-14-11(12)18-9/h2-5,16H,6H2,1H3. The van der Waals surface area contributed by atoms with Crippen molar-refractivity contribution in [2.45, 2.75) is 6.54 Å². The predicted octanol–water partition coefficient (Wildman–Crippen LogP) is 2.17. The number of hydrogen-bond acceptors (Lipinski definition) is 5. The smallest absolute Gasteiger partial charge is 0.284 e. The molecule has 2 rings (SSSR count). The maximum atomic E-state index is 12.0. The average Bonchev–Trinajstić information content (AvgIpc) is 2.78. The van der Waals surface area contributed by atoms with Crippen molar-refractivity contribution in [3.05, 3.63) is 39.3 Å². The summed E-state index contributed by atoms with van der Waals surface area (Å²) in [6, 6.07) is 6.67. The molecule has 0 saturated carbocycles. The number of phenols is 1. The molecule has 0 bridgehead atoms. The third-order valence-electron chi connectivity index (χ3n) is 2.29. The van der Waals surface area contributed by atoms with Gasteiger partial charge in [-0.1, -0.05) is 23.5 Å². The van der Waals surface area contributed by atoms with Crippen LogP contribution >= 0.6 is 22.9 Å². The van der Waals surface area contributed by atoms with Gasteiger partial charge in [0, 0.05) is 13.6 Å². The van der Waals surface area contributed by atoms with E-state index in [9.17, 15) is 4.79 Å². The number of aromatic hydroxyl groups is 1. The number of aromatic nitrogens is 2. The van der Waals surface area contributed by atoms with Crippen molar-refractivity contribution in [3.8, 4) is 5.75 Å². The van der Waals surface area contributed by atoms with E-state index in [0.717, 1.165) is 16.9 Å². The first kappa shape index (κ1) is 12.8. The Bertz CT molecular complexity index is 556. The van der Waals surface area contributed by atoms with E-state index in [0.29, 0.717) is 6.54 Å². The molecule has 0 aliphatic heterocycles. The minimum absolute atomic E-state index is 0.198. The Morgan fingerprint density at radius 2 is 2.06 bits per heavy atom. The van der Waals surface area contributed by atoms with Gasteiger partial charge in [-0.3, -0.25) is 4.79 Å². The first-order valence-electron chi connectivity index (χ1n) is 5.08. The van der Waals surface area contributed by atoms with Gasteiger partial charge in [0.1, 0.15) is 5.75 Å². The predicted molar refractivity (Wildman–Crippen MR) is 68.8 cm³/mol. The van der Waals surface area contributed by atoms with Gasteiger partial charge in [0.05, 0.1) is 0 Å². The van der Waals surface area contributed by atoms with Crippen molar-refractivity contribution in [3.63, 3.8) is 0 Å². The normalized spacial score (nSPS) is 10.3. The fourth-order valence-corrected chi connectivity index (χ4v) is 2.23. The molecular weight excluding hydrogens is 274 g/mol. The van der Waals surface area contributed by atoms with E-state index in [-0.39, 0.29) is 21.1 Å². The molecule has 1 aromatic carbocycles. The van der Waals surface area contributed by atoms with Crippen LogP contribution in [0.2, 0.25) is 4.47 Å². The minimum atomic E-state index is -0.229. The number of rotatable bonds is 3. The number of halogens is 1. The monoisotopic (exact) mass is 283 g/mol.